The van der Waals surface area contributed by atoms with Crippen LogP contribution in [0.15, 0.2) is 0 Å². The molecule has 14 heavy (non-hydrogen) atoms. The van der Waals surface area contributed by atoms with E-state index < -0.39 is 0 Å². The molecule has 0 radical (unpaired) electrons. The van der Waals surface area contributed by atoms with E-state index in [-0.39, 0.29) is 0 Å². The van der Waals surface area contributed by atoms with Crippen LogP contribution in [0.4, 0.5) is 0 Å². The van der Waals surface area contributed by atoms with Gasteiger partial charge in [0, 0.05) is 33.4 Å². The summed E-state index contributed by atoms with van der Waals surface area (Å²) in [7, 11) is 3.55. The van der Waals surface area contributed by atoms with Crippen LogP contribution in [-0.4, -0.2) is 51.5 Å². The van der Waals surface area contributed by atoms with E-state index >= 15 is 0 Å². The van der Waals surface area contributed by atoms with E-state index in [0.29, 0.717) is 0 Å². The Bertz CT molecular complexity index is 125. The predicted octanol–water partition coefficient (Wildman–Crippen LogP) is 1.52. The quantitative estimate of drug-likeness (QED) is 0.650. The van der Waals surface area contributed by atoms with E-state index in [9.17, 15) is 0 Å². The van der Waals surface area contributed by atoms with Crippen molar-refractivity contribution in [2.24, 2.45) is 0 Å². The van der Waals surface area contributed by atoms with Crippen LogP contribution in [-0.2, 0) is 9.47 Å². The Labute approximate surface area is 87.4 Å². The standard InChI is InChI=1S/C11H23NO2/c1-13-9-6-11-5-3-4-7-12(11)8-10-14-2/h11H,3-10H2,1-2H3. The number of hydrogen-bond donors (Lipinski definition) is 0. The molecule has 1 rings (SSSR count). The second kappa shape index (κ2) is 7.21. The van der Waals surface area contributed by atoms with Gasteiger partial charge in [0.25, 0.3) is 0 Å². The van der Waals surface area contributed by atoms with Gasteiger partial charge in [0.1, 0.15) is 0 Å². The number of ether oxygens (including phenoxy) is 2. The molecule has 1 aliphatic heterocycles. The first-order chi connectivity index (χ1) is 6.88. The van der Waals surface area contributed by atoms with Gasteiger partial charge in [-0.3, -0.25) is 4.90 Å². The molecule has 0 aromatic rings. The SMILES string of the molecule is COCCC1CCCCN1CCOC. The van der Waals surface area contributed by atoms with E-state index in [1.54, 1.807) is 14.2 Å². The summed E-state index contributed by atoms with van der Waals surface area (Å²) in [5.41, 5.74) is 0. The first-order valence-electron chi connectivity index (χ1n) is 5.60. The van der Waals surface area contributed by atoms with Crippen LogP contribution in [0.3, 0.4) is 0 Å². The Kier molecular flexibility index (Phi) is 6.15. The molecule has 1 saturated heterocycles. The molecule has 0 aromatic carbocycles. The van der Waals surface area contributed by atoms with E-state index in [4.69, 9.17) is 9.47 Å². The maximum atomic E-state index is 5.14. The molecule has 3 heteroatoms. The largest absolute Gasteiger partial charge is 0.385 e. The molecule has 0 aliphatic carbocycles. The van der Waals surface area contributed by atoms with Crippen molar-refractivity contribution < 1.29 is 9.47 Å². The highest BCUT2D eigenvalue weighted by Gasteiger charge is 2.21. The summed E-state index contributed by atoms with van der Waals surface area (Å²) in [6.07, 6.45) is 5.21. The molecule has 0 N–H and O–H groups in total. The smallest absolute Gasteiger partial charge is 0.0589 e. The van der Waals surface area contributed by atoms with Gasteiger partial charge in [0.05, 0.1) is 6.61 Å². The summed E-state index contributed by atoms with van der Waals surface area (Å²) in [6.45, 7) is 4.04. The van der Waals surface area contributed by atoms with E-state index in [1.807, 2.05) is 0 Å². The minimum absolute atomic E-state index is 0.721. The molecular formula is C11H23NO2. The Morgan fingerprint density at radius 1 is 1.14 bits per heavy atom. The molecule has 1 atom stereocenters. The summed E-state index contributed by atoms with van der Waals surface area (Å²) < 4.78 is 10.3. The van der Waals surface area contributed by atoms with E-state index in [1.165, 1.54) is 32.2 Å². The Morgan fingerprint density at radius 3 is 2.64 bits per heavy atom. The number of likely N-dealkylation sites (tertiary alicyclic amines) is 1. The minimum Gasteiger partial charge on any atom is -0.385 e. The van der Waals surface area contributed by atoms with Crippen molar-refractivity contribution in [3.8, 4) is 0 Å². The average Bonchev–Trinajstić information content (AvgIpc) is 2.24. The van der Waals surface area contributed by atoms with Crippen molar-refractivity contribution in [3.63, 3.8) is 0 Å². The lowest BCUT2D eigenvalue weighted by molar-refractivity contribution is 0.0744. The third kappa shape index (κ3) is 3.95. The zero-order valence-corrected chi connectivity index (χ0v) is 9.50. The van der Waals surface area contributed by atoms with Crippen LogP contribution in [0, 0.1) is 0 Å². The van der Waals surface area contributed by atoms with E-state index in [0.717, 1.165) is 25.8 Å². The predicted molar refractivity (Wildman–Crippen MR) is 57.6 cm³/mol. The Balaban J connectivity index is 2.26. The third-order valence-corrected chi connectivity index (χ3v) is 2.99. The van der Waals surface area contributed by atoms with Gasteiger partial charge in [0.2, 0.25) is 0 Å². The zero-order chi connectivity index (χ0) is 10.2. The molecule has 1 heterocycles. The molecule has 1 aliphatic rings. The molecule has 0 aromatic heterocycles. The van der Waals surface area contributed by atoms with Gasteiger partial charge in [-0.05, 0) is 25.8 Å². The maximum Gasteiger partial charge on any atom is 0.0589 e. The van der Waals surface area contributed by atoms with Crippen LogP contribution in [0.5, 0.6) is 0 Å². The highest BCUT2D eigenvalue weighted by Crippen LogP contribution is 2.19. The van der Waals surface area contributed by atoms with Crippen molar-refractivity contribution in [2.75, 3.05) is 40.5 Å². The fraction of sp³-hybridized carbons (Fsp3) is 1.00. The van der Waals surface area contributed by atoms with Gasteiger partial charge in [-0.1, -0.05) is 6.42 Å². The molecule has 1 fully saturated rings. The molecule has 0 bridgehead atoms. The lowest BCUT2D eigenvalue weighted by atomic mass is 10.00. The fourth-order valence-electron chi connectivity index (χ4n) is 2.14. The molecule has 0 spiro atoms. The van der Waals surface area contributed by atoms with Crippen LogP contribution in [0.2, 0.25) is 0 Å². The van der Waals surface area contributed by atoms with Gasteiger partial charge < -0.3 is 9.47 Å². The highest BCUT2D eigenvalue weighted by molar-refractivity contribution is 4.76. The molecule has 0 amide bonds. The number of hydrogen-bond acceptors (Lipinski definition) is 3. The summed E-state index contributed by atoms with van der Waals surface area (Å²) in [4.78, 5) is 2.55. The Morgan fingerprint density at radius 2 is 1.93 bits per heavy atom. The molecular weight excluding hydrogens is 178 g/mol. The van der Waals surface area contributed by atoms with Gasteiger partial charge in [-0.15, -0.1) is 0 Å². The summed E-state index contributed by atoms with van der Waals surface area (Å²) in [6, 6.07) is 0.721. The van der Waals surface area contributed by atoms with E-state index in [2.05, 4.69) is 4.90 Å². The van der Waals surface area contributed by atoms with Gasteiger partial charge >= 0.3 is 0 Å². The zero-order valence-electron chi connectivity index (χ0n) is 9.50. The molecule has 84 valence electrons. The van der Waals surface area contributed by atoms with Crippen molar-refractivity contribution in [2.45, 2.75) is 31.7 Å². The number of rotatable bonds is 6. The second-order valence-corrected chi connectivity index (χ2v) is 3.96. The average molecular weight is 201 g/mol. The first-order valence-corrected chi connectivity index (χ1v) is 5.60. The first kappa shape index (κ1) is 12.0. The second-order valence-electron chi connectivity index (χ2n) is 3.96. The van der Waals surface area contributed by atoms with Gasteiger partial charge in [-0.25, -0.2) is 0 Å². The topological polar surface area (TPSA) is 21.7 Å². The molecule has 3 nitrogen and oxygen atoms in total. The van der Waals surface area contributed by atoms with Crippen molar-refractivity contribution in [1.29, 1.82) is 0 Å². The maximum absolute atomic E-state index is 5.14. The summed E-state index contributed by atoms with van der Waals surface area (Å²) in [5, 5.41) is 0. The van der Waals surface area contributed by atoms with Crippen molar-refractivity contribution in [1.82, 2.24) is 4.90 Å². The molecule has 1 unspecified atom stereocenters. The highest BCUT2D eigenvalue weighted by atomic mass is 16.5. The number of piperidine rings is 1. The Hall–Kier alpha value is -0.120. The summed E-state index contributed by atoms with van der Waals surface area (Å²) >= 11 is 0. The van der Waals surface area contributed by atoms with Crippen LogP contribution in [0.1, 0.15) is 25.7 Å². The van der Waals surface area contributed by atoms with Crippen LogP contribution >= 0.6 is 0 Å². The normalized spacial score (nSPS) is 24.0. The number of nitrogens with zero attached hydrogens (tertiary/aromatic N) is 1. The molecule has 0 saturated carbocycles. The van der Waals surface area contributed by atoms with Crippen LogP contribution < -0.4 is 0 Å². The third-order valence-electron chi connectivity index (χ3n) is 2.99. The summed E-state index contributed by atoms with van der Waals surface area (Å²) in [5.74, 6) is 0. The number of methoxy groups -OCH3 is 2. The lowest BCUT2D eigenvalue weighted by Crippen LogP contribution is -2.41. The lowest BCUT2D eigenvalue weighted by Gasteiger charge is -2.35. The monoisotopic (exact) mass is 201 g/mol. The van der Waals surface area contributed by atoms with Gasteiger partial charge in [0.15, 0.2) is 0 Å². The van der Waals surface area contributed by atoms with Gasteiger partial charge in [-0.2, -0.15) is 0 Å². The van der Waals surface area contributed by atoms with Crippen LogP contribution in [0.25, 0.3) is 0 Å². The fourth-order valence-corrected chi connectivity index (χ4v) is 2.14. The van der Waals surface area contributed by atoms with Crippen molar-refractivity contribution >= 4 is 0 Å². The van der Waals surface area contributed by atoms with Crippen molar-refractivity contribution in [3.05, 3.63) is 0 Å². The minimum atomic E-state index is 0.721.